The zero-order valence-electron chi connectivity index (χ0n) is 13.2. The first kappa shape index (κ1) is 16.5. The molecule has 0 amide bonds. The number of ketones is 1. The Bertz CT molecular complexity index is 902. The molecule has 124 valence electrons. The molecule has 0 aliphatic carbocycles. The molecule has 0 bridgehead atoms. The number of benzene rings is 1. The molecule has 2 heterocycles. The van der Waals surface area contributed by atoms with Crippen LogP contribution in [-0.4, -0.2) is 30.3 Å². The molecule has 0 aliphatic rings. The third kappa shape index (κ3) is 3.01. The van der Waals surface area contributed by atoms with Crippen molar-refractivity contribution in [1.29, 1.82) is 0 Å². The number of aryl methyl sites for hydroxylation is 1. The van der Waals surface area contributed by atoms with Crippen molar-refractivity contribution in [2.24, 2.45) is 0 Å². The van der Waals surface area contributed by atoms with E-state index in [1.165, 1.54) is 31.5 Å². The number of Topliss-reactive ketones (excluding diaryl/α,β-unsaturated/α-hetero) is 1. The number of rotatable bonds is 5. The second kappa shape index (κ2) is 6.64. The van der Waals surface area contributed by atoms with Crippen LogP contribution in [0.1, 0.15) is 35.6 Å². The van der Waals surface area contributed by atoms with Gasteiger partial charge in [0.05, 0.1) is 11.9 Å². The van der Waals surface area contributed by atoms with Crippen molar-refractivity contribution < 1.29 is 9.18 Å². The summed E-state index contributed by atoms with van der Waals surface area (Å²) in [7, 11) is 0. The minimum atomic E-state index is -0.461. The quantitative estimate of drug-likeness (QED) is 0.626. The first-order chi connectivity index (χ1) is 11.5. The van der Waals surface area contributed by atoms with Crippen molar-refractivity contribution >= 4 is 21.7 Å². The molecule has 3 aromatic rings. The Morgan fingerprint density at radius 1 is 1.33 bits per heavy atom. The molecule has 6 nitrogen and oxygen atoms in total. The van der Waals surface area contributed by atoms with Crippen LogP contribution >= 0.6 is 15.9 Å². The van der Waals surface area contributed by atoms with Gasteiger partial charge in [-0.2, -0.15) is 10.2 Å². The highest BCUT2D eigenvalue weighted by molar-refractivity contribution is 9.10. The monoisotopic (exact) mass is 391 g/mol. The van der Waals surface area contributed by atoms with E-state index in [4.69, 9.17) is 0 Å². The molecule has 0 fully saturated rings. The summed E-state index contributed by atoms with van der Waals surface area (Å²) in [5, 5.41) is 8.48. The summed E-state index contributed by atoms with van der Waals surface area (Å²) in [6, 6.07) is 4.06. The summed E-state index contributed by atoms with van der Waals surface area (Å²) in [6.07, 6.45) is 3.67. The van der Waals surface area contributed by atoms with E-state index in [2.05, 4.69) is 31.1 Å². The first-order valence-electron chi connectivity index (χ1n) is 7.41. The van der Waals surface area contributed by atoms with E-state index in [1.54, 1.807) is 10.9 Å². The van der Waals surface area contributed by atoms with Gasteiger partial charge in [-0.3, -0.25) is 9.48 Å². The third-order valence-electron chi connectivity index (χ3n) is 3.68. The highest BCUT2D eigenvalue weighted by Crippen LogP contribution is 2.22. The van der Waals surface area contributed by atoms with Gasteiger partial charge >= 0.3 is 0 Å². The van der Waals surface area contributed by atoms with Crippen molar-refractivity contribution in [2.45, 2.75) is 26.8 Å². The topological polar surface area (TPSA) is 65.6 Å². The lowest BCUT2D eigenvalue weighted by Gasteiger charge is -2.10. The third-order valence-corrected chi connectivity index (χ3v) is 4.60. The summed E-state index contributed by atoms with van der Waals surface area (Å²) in [4.78, 5) is 16.1. The summed E-state index contributed by atoms with van der Waals surface area (Å²) in [5.74, 6) is -0.0519. The van der Waals surface area contributed by atoms with Crippen molar-refractivity contribution in [3.05, 3.63) is 58.1 Å². The molecular formula is C16H15BrFN5O. The lowest BCUT2D eigenvalue weighted by Crippen LogP contribution is -2.09. The van der Waals surface area contributed by atoms with Crippen LogP contribution in [0.5, 0.6) is 0 Å². The van der Waals surface area contributed by atoms with Crippen LogP contribution in [0.2, 0.25) is 0 Å². The van der Waals surface area contributed by atoms with Gasteiger partial charge in [-0.1, -0.05) is 0 Å². The zero-order valence-corrected chi connectivity index (χ0v) is 14.8. The number of aromatic nitrogens is 5. The Labute approximate surface area is 146 Å². The van der Waals surface area contributed by atoms with Gasteiger partial charge in [-0.05, 0) is 48.0 Å². The van der Waals surface area contributed by atoms with Crippen LogP contribution in [-0.2, 0) is 13.0 Å². The molecule has 0 spiro atoms. The predicted molar refractivity (Wildman–Crippen MR) is 89.7 cm³/mol. The lowest BCUT2D eigenvalue weighted by molar-refractivity contribution is 0.101. The van der Waals surface area contributed by atoms with Gasteiger partial charge in [0.2, 0.25) is 0 Å². The SMILES string of the molecule is CCn1ncc(Cc2ncnn2-c2ccc(F)cc2C(C)=O)c1Br. The van der Waals surface area contributed by atoms with E-state index in [1.807, 2.05) is 11.6 Å². The number of hydrogen-bond acceptors (Lipinski definition) is 4. The summed E-state index contributed by atoms with van der Waals surface area (Å²) in [6.45, 7) is 4.15. The predicted octanol–water partition coefficient (Wildman–Crippen LogP) is 3.18. The van der Waals surface area contributed by atoms with Gasteiger partial charge in [-0.25, -0.2) is 14.1 Å². The molecule has 0 aliphatic heterocycles. The molecule has 24 heavy (non-hydrogen) atoms. The second-order valence-corrected chi connectivity index (χ2v) is 6.01. The summed E-state index contributed by atoms with van der Waals surface area (Å²) in [5.41, 5.74) is 1.73. The Balaban J connectivity index is 2.02. The fraction of sp³-hybridized carbons (Fsp3) is 0.250. The average Bonchev–Trinajstić information content (AvgIpc) is 3.15. The van der Waals surface area contributed by atoms with E-state index in [0.29, 0.717) is 17.9 Å². The maximum absolute atomic E-state index is 13.5. The highest BCUT2D eigenvalue weighted by atomic mass is 79.9. The highest BCUT2D eigenvalue weighted by Gasteiger charge is 2.17. The number of carbonyl (C=O) groups is 1. The van der Waals surface area contributed by atoms with Crippen LogP contribution in [0, 0.1) is 5.82 Å². The molecule has 2 aromatic heterocycles. The van der Waals surface area contributed by atoms with E-state index < -0.39 is 5.82 Å². The second-order valence-electron chi connectivity index (χ2n) is 5.26. The number of halogens is 2. The van der Waals surface area contributed by atoms with E-state index in [0.717, 1.165) is 16.7 Å². The molecule has 0 unspecified atom stereocenters. The van der Waals surface area contributed by atoms with Crippen LogP contribution in [0.25, 0.3) is 5.69 Å². The Morgan fingerprint density at radius 2 is 2.12 bits per heavy atom. The van der Waals surface area contributed by atoms with Crippen LogP contribution in [0.15, 0.2) is 35.3 Å². The van der Waals surface area contributed by atoms with Gasteiger partial charge in [0, 0.05) is 24.1 Å². The molecule has 8 heteroatoms. The van der Waals surface area contributed by atoms with Gasteiger partial charge in [0.1, 0.15) is 22.6 Å². The normalized spacial score (nSPS) is 11.0. The van der Waals surface area contributed by atoms with Gasteiger partial charge < -0.3 is 0 Å². The van der Waals surface area contributed by atoms with Gasteiger partial charge in [0.25, 0.3) is 0 Å². The smallest absolute Gasteiger partial charge is 0.162 e. The maximum Gasteiger partial charge on any atom is 0.162 e. The molecule has 3 rings (SSSR count). The van der Waals surface area contributed by atoms with E-state index in [-0.39, 0.29) is 11.3 Å². The minimum Gasteiger partial charge on any atom is -0.294 e. The zero-order chi connectivity index (χ0) is 17.3. The average molecular weight is 392 g/mol. The number of hydrogen-bond donors (Lipinski definition) is 0. The van der Waals surface area contributed by atoms with Crippen molar-refractivity contribution in [3.63, 3.8) is 0 Å². The Hall–Kier alpha value is -2.35. The molecule has 0 atom stereocenters. The van der Waals surface area contributed by atoms with Crippen LogP contribution < -0.4 is 0 Å². The molecular weight excluding hydrogens is 377 g/mol. The summed E-state index contributed by atoms with van der Waals surface area (Å²) < 4.78 is 17.7. The molecule has 0 N–H and O–H groups in total. The number of carbonyl (C=O) groups excluding carboxylic acids is 1. The van der Waals surface area contributed by atoms with Crippen molar-refractivity contribution in [3.8, 4) is 5.69 Å². The molecule has 0 saturated carbocycles. The Kier molecular flexibility index (Phi) is 4.57. The Morgan fingerprint density at radius 3 is 2.79 bits per heavy atom. The first-order valence-corrected chi connectivity index (χ1v) is 8.20. The van der Waals surface area contributed by atoms with Crippen molar-refractivity contribution in [1.82, 2.24) is 24.5 Å². The van der Waals surface area contributed by atoms with E-state index in [9.17, 15) is 9.18 Å². The lowest BCUT2D eigenvalue weighted by atomic mass is 10.1. The molecule has 0 radical (unpaired) electrons. The molecule has 0 saturated heterocycles. The van der Waals surface area contributed by atoms with Crippen LogP contribution in [0.4, 0.5) is 4.39 Å². The fourth-order valence-electron chi connectivity index (χ4n) is 2.48. The largest absolute Gasteiger partial charge is 0.294 e. The fourth-order valence-corrected chi connectivity index (χ4v) is 3.07. The minimum absolute atomic E-state index is 0.231. The van der Waals surface area contributed by atoms with E-state index >= 15 is 0 Å². The van der Waals surface area contributed by atoms with Gasteiger partial charge in [0.15, 0.2) is 5.78 Å². The molecule has 1 aromatic carbocycles. The van der Waals surface area contributed by atoms with Crippen molar-refractivity contribution in [2.75, 3.05) is 0 Å². The standard InChI is InChI=1S/C16H15BrFN5O/c1-3-22-16(17)11(8-20-22)6-15-19-9-21-23(15)14-5-4-12(18)7-13(14)10(2)24/h4-5,7-9H,3,6H2,1-2H3. The maximum atomic E-state index is 13.5. The summed E-state index contributed by atoms with van der Waals surface area (Å²) >= 11 is 3.52. The van der Waals surface area contributed by atoms with Crippen LogP contribution in [0.3, 0.4) is 0 Å². The number of nitrogens with zero attached hydrogens (tertiary/aromatic N) is 5. The van der Waals surface area contributed by atoms with Gasteiger partial charge in [-0.15, -0.1) is 0 Å².